The first-order valence-electron chi connectivity index (χ1n) is 8.96. The summed E-state index contributed by atoms with van der Waals surface area (Å²) in [6, 6.07) is 1.81. The maximum Gasteiger partial charge on any atom is 0.308 e. The number of aromatic nitrogens is 2. The zero-order valence-corrected chi connectivity index (χ0v) is 15.6. The molecule has 7 nitrogen and oxygen atoms in total. The molecule has 1 aliphatic rings. The molecule has 2 aromatic rings. The Morgan fingerprint density at radius 1 is 1.38 bits per heavy atom. The van der Waals surface area contributed by atoms with Gasteiger partial charge in [0.1, 0.15) is 0 Å². The number of aliphatic carboxylic acids is 1. The normalized spacial score (nSPS) is 15.8. The van der Waals surface area contributed by atoms with Crippen molar-refractivity contribution in [3.8, 4) is 0 Å². The number of rotatable bonds is 6. The van der Waals surface area contributed by atoms with Gasteiger partial charge in [-0.1, -0.05) is 32.9 Å². The fourth-order valence-corrected chi connectivity index (χ4v) is 2.85. The van der Waals surface area contributed by atoms with Crippen molar-refractivity contribution in [3.05, 3.63) is 23.0 Å². The summed E-state index contributed by atoms with van der Waals surface area (Å²) in [5.41, 5.74) is 2.37. The number of nitrogens with one attached hydrogen (secondary N) is 1. The molecule has 2 heterocycles. The Morgan fingerprint density at radius 2 is 2.08 bits per heavy atom. The van der Waals surface area contributed by atoms with E-state index in [2.05, 4.69) is 36.2 Å². The van der Waals surface area contributed by atoms with E-state index in [-0.39, 0.29) is 17.9 Å². The smallest absolute Gasteiger partial charge is 0.308 e. The van der Waals surface area contributed by atoms with Crippen LogP contribution in [0.2, 0.25) is 0 Å². The van der Waals surface area contributed by atoms with E-state index in [0.29, 0.717) is 34.7 Å². The minimum absolute atomic E-state index is 0.0233. The quantitative estimate of drug-likeness (QED) is 0.821. The van der Waals surface area contributed by atoms with Gasteiger partial charge in [-0.25, -0.2) is 4.98 Å². The van der Waals surface area contributed by atoms with E-state index in [1.807, 2.05) is 6.07 Å². The largest absolute Gasteiger partial charge is 0.481 e. The van der Waals surface area contributed by atoms with E-state index in [0.717, 1.165) is 18.5 Å². The van der Waals surface area contributed by atoms with E-state index >= 15 is 0 Å². The third kappa shape index (κ3) is 4.03. The zero-order chi connectivity index (χ0) is 19.1. The second kappa shape index (κ2) is 6.70. The first-order valence-corrected chi connectivity index (χ1v) is 8.96. The number of carbonyl (C=O) groups excluding carboxylic acids is 1. The number of carboxylic acids is 1. The number of fused-ring (bicyclic) bond motifs is 1. The van der Waals surface area contributed by atoms with E-state index in [1.165, 1.54) is 0 Å². The Bertz CT molecular complexity index is 846. The number of hydrogen-bond donors (Lipinski definition) is 2. The van der Waals surface area contributed by atoms with Crippen molar-refractivity contribution < 1.29 is 19.2 Å². The first-order chi connectivity index (χ1) is 12.2. The van der Waals surface area contributed by atoms with Crippen LogP contribution in [0.5, 0.6) is 0 Å². The van der Waals surface area contributed by atoms with Crippen molar-refractivity contribution in [1.29, 1.82) is 0 Å². The van der Waals surface area contributed by atoms with Gasteiger partial charge in [-0.15, -0.1) is 0 Å². The summed E-state index contributed by atoms with van der Waals surface area (Å²) in [6.45, 7) is 7.90. The van der Waals surface area contributed by atoms with Crippen molar-refractivity contribution in [2.75, 3.05) is 6.54 Å². The maximum atomic E-state index is 12.8. The van der Waals surface area contributed by atoms with Gasteiger partial charge in [-0.3, -0.25) is 9.59 Å². The lowest BCUT2D eigenvalue weighted by Gasteiger charge is -2.16. The molecular weight excluding hydrogens is 334 g/mol. The Hall–Kier alpha value is -2.44. The standard InChI is InChI=1S/C19H25N3O4/c1-10(18(24)25)9-20-16(23)12-7-13(11-5-6-11)21-17-15(12)14(22-26-17)8-19(2,3)4/h7,10-11H,5-6,8-9H2,1-4H3,(H,20,23)(H,24,25). The van der Waals surface area contributed by atoms with Gasteiger partial charge in [0, 0.05) is 18.2 Å². The van der Waals surface area contributed by atoms with Crippen LogP contribution in [0.25, 0.3) is 11.1 Å². The summed E-state index contributed by atoms with van der Waals surface area (Å²) in [7, 11) is 0. The zero-order valence-electron chi connectivity index (χ0n) is 15.6. The molecule has 0 spiro atoms. The van der Waals surface area contributed by atoms with Crippen LogP contribution in [0.3, 0.4) is 0 Å². The highest BCUT2D eigenvalue weighted by Gasteiger charge is 2.30. The number of pyridine rings is 1. The van der Waals surface area contributed by atoms with E-state index in [1.54, 1.807) is 6.92 Å². The SMILES string of the molecule is CC(CNC(=O)c1cc(C2CC2)nc2onc(CC(C)(C)C)c12)C(=O)O. The lowest BCUT2D eigenvalue weighted by Crippen LogP contribution is -2.31. The molecule has 1 amide bonds. The van der Waals surface area contributed by atoms with Crippen molar-refractivity contribution in [1.82, 2.24) is 15.5 Å². The minimum atomic E-state index is -0.942. The van der Waals surface area contributed by atoms with Crippen LogP contribution in [0, 0.1) is 11.3 Å². The molecule has 2 N–H and O–H groups in total. The lowest BCUT2D eigenvalue weighted by molar-refractivity contribution is -0.140. The molecule has 0 saturated heterocycles. The van der Waals surface area contributed by atoms with Crippen LogP contribution in [-0.4, -0.2) is 33.7 Å². The molecule has 0 aliphatic heterocycles. The highest BCUT2D eigenvalue weighted by atomic mass is 16.5. The number of carboxylic acid groups (broad SMARTS) is 1. The number of nitrogens with zero attached hydrogens (tertiary/aromatic N) is 2. The fourth-order valence-electron chi connectivity index (χ4n) is 2.85. The number of carbonyl (C=O) groups is 2. The predicted molar refractivity (Wildman–Crippen MR) is 96.1 cm³/mol. The van der Waals surface area contributed by atoms with Gasteiger partial charge >= 0.3 is 5.97 Å². The van der Waals surface area contributed by atoms with Gasteiger partial charge in [-0.05, 0) is 30.7 Å². The third-order valence-electron chi connectivity index (χ3n) is 4.47. The van der Waals surface area contributed by atoms with Crippen molar-refractivity contribution >= 4 is 23.0 Å². The monoisotopic (exact) mass is 359 g/mol. The highest BCUT2D eigenvalue weighted by Crippen LogP contribution is 2.40. The van der Waals surface area contributed by atoms with Crippen LogP contribution >= 0.6 is 0 Å². The molecule has 1 fully saturated rings. The molecule has 0 aromatic carbocycles. The average molecular weight is 359 g/mol. The van der Waals surface area contributed by atoms with Gasteiger partial charge < -0.3 is 14.9 Å². The summed E-state index contributed by atoms with van der Waals surface area (Å²) < 4.78 is 5.43. The van der Waals surface area contributed by atoms with Crippen molar-refractivity contribution in [2.45, 2.75) is 52.9 Å². The van der Waals surface area contributed by atoms with E-state index in [9.17, 15) is 9.59 Å². The van der Waals surface area contributed by atoms with Gasteiger partial charge in [0.15, 0.2) is 0 Å². The summed E-state index contributed by atoms with van der Waals surface area (Å²) in [5.74, 6) is -1.55. The second-order valence-corrected chi connectivity index (χ2v) is 8.37. The van der Waals surface area contributed by atoms with E-state index < -0.39 is 11.9 Å². The molecule has 1 saturated carbocycles. The van der Waals surface area contributed by atoms with Crippen LogP contribution in [-0.2, 0) is 11.2 Å². The third-order valence-corrected chi connectivity index (χ3v) is 4.47. The Kier molecular flexibility index (Phi) is 4.73. The minimum Gasteiger partial charge on any atom is -0.481 e. The Balaban J connectivity index is 1.98. The summed E-state index contributed by atoms with van der Waals surface area (Å²) in [5, 5.41) is 16.5. The molecule has 3 rings (SSSR count). The maximum absolute atomic E-state index is 12.8. The molecule has 7 heteroatoms. The molecule has 0 radical (unpaired) electrons. The molecule has 1 aliphatic carbocycles. The topological polar surface area (TPSA) is 105 Å². The van der Waals surface area contributed by atoms with Crippen molar-refractivity contribution in [2.24, 2.45) is 11.3 Å². The molecule has 1 unspecified atom stereocenters. The lowest BCUT2D eigenvalue weighted by atomic mass is 9.89. The molecule has 2 aromatic heterocycles. The Morgan fingerprint density at radius 3 is 2.65 bits per heavy atom. The molecule has 140 valence electrons. The number of hydrogen-bond acceptors (Lipinski definition) is 5. The molecule has 0 bridgehead atoms. The summed E-state index contributed by atoms with van der Waals surface area (Å²) in [6.07, 6.45) is 2.76. The molecule has 26 heavy (non-hydrogen) atoms. The highest BCUT2D eigenvalue weighted by molar-refractivity contribution is 6.06. The van der Waals surface area contributed by atoms with Gasteiger partial charge in [-0.2, -0.15) is 0 Å². The number of amides is 1. The van der Waals surface area contributed by atoms with E-state index in [4.69, 9.17) is 9.63 Å². The summed E-state index contributed by atoms with van der Waals surface area (Å²) in [4.78, 5) is 28.3. The van der Waals surface area contributed by atoms with Crippen LogP contribution in [0.4, 0.5) is 0 Å². The second-order valence-electron chi connectivity index (χ2n) is 8.37. The van der Waals surface area contributed by atoms with Gasteiger partial charge in [0.2, 0.25) is 0 Å². The first kappa shape index (κ1) is 18.4. The molecule has 1 atom stereocenters. The fraction of sp³-hybridized carbons (Fsp3) is 0.579. The summed E-state index contributed by atoms with van der Waals surface area (Å²) >= 11 is 0. The van der Waals surface area contributed by atoms with Crippen LogP contribution in [0.1, 0.15) is 68.2 Å². The average Bonchev–Trinajstić information content (AvgIpc) is 3.33. The Labute approximate surface area is 152 Å². The van der Waals surface area contributed by atoms with Gasteiger partial charge in [0.05, 0.1) is 22.6 Å². The van der Waals surface area contributed by atoms with Crippen molar-refractivity contribution in [3.63, 3.8) is 0 Å². The van der Waals surface area contributed by atoms with Crippen LogP contribution in [0.15, 0.2) is 10.6 Å². The van der Waals surface area contributed by atoms with Crippen LogP contribution < -0.4 is 5.32 Å². The van der Waals surface area contributed by atoms with Gasteiger partial charge in [0.25, 0.3) is 11.6 Å². The molecular formula is C19H25N3O4. The predicted octanol–water partition coefficient (Wildman–Crippen LogP) is 3.14.